The number of rotatable bonds is 0. The van der Waals surface area contributed by atoms with Crippen molar-refractivity contribution in [1.29, 1.82) is 0 Å². The minimum Gasteiger partial charge on any atom is -0.273 e. The molecule has 0 N–H and O–H groups in total. The Labute approximate surface area is 142 Å². The van der Waals surface area contributed by atoms with Crippen LogP contribution >= 0.6 is 0 Å². The fraction of sp³-hybridized carbons (Fsp3) is 0.250. The number of sulfonamides is 2. The first-order chi connectivity index (χ1) is 11.2. The molecule has 2 heterocycles. The quantitative estimate of drug-likeness (QED) is 0.712. The molecule has 2 aliphatic heterocycles. The molecule has 0 unspecified atom stereocenters. The zero-order chi connectivity index (χ0) is 17.5. The highest BCUT2D eigenvalue weighted by atomic mass is 32.2. The van der Waals surface area contributed by atoms with E-state index in [9.17, 15) is 16.8 Å². The van der Waals surface area contributed by atoms with Crippen molar-refractivity contribution in [2.75, 3.05) is 18.4 Å². The molecular formula is C16H18N2O4S2. The number of nitrogens with zero attached hydrogens (tertiary/aromatic N) is 2. The molecule has 8 heteroatoms. The lowest BCUT2D eigenvalue weighted by atomic mass is 10.2. The summed E-state index contributed by atoms with van der Waals surface area (Å²) in [6.07, 6.45) is 0. The standard InChI is InChI=1S/2C8H9NO2S/c1-9-8-5-3-2-4-7(8)6-12(9,10)11;1-9-6-7-4-2-3-5-8(7)12(9,10)11/h2*2-5H,6H2,1H3. The molecule has 2 aromatic rings. The fourth-order valence-electron chi connectivity index (χ4n) is 2.76. The number of hydrogen-bond acceptors (Lipinski definition) is 4. The van der Waals surface area contributed by atoms with Crippen molar-refractivity contribution >= 4 is 25.7 Å². The molecule has 2 aromatic carbocycles. The number of hydrogen-bond donors (Lipinski definition) is 0. The van der Waals surface area contributed by atoms with Crippen molar-refractivity contribution in [2.45, 2.75) is 17.2 Å². The van der Waals surface area contributed by atoms with Gasteiger partial charge in [-0.3, -0.25) is 4.31 Å². The molecule has 24 heavy (non-hydrogen) atoms. The van der Waals surface area contributed by atoms with Gasteiger partial charge < -0.3 is 0 Å². The Balaban J connectivity index is 0.000000141. The maximum absolute atomic E-state index is 11.5. The predicted molar refractivity (Wildman–Crippen MR) is 92.6 cm³/mol. The van der Waals surface area contributed by atoms with Gasteiger partial charge in [-0.2, -0.15) is 4.31 Å². The van der Waals surface area contributed by atoms with Gasteiger partial charge >= 0.3 is 0 Å². The molecule has 2 aliphatic rings. The van der Waals surface area contributed by atoms with Gasteiger partial charge in [-0.1, -0.05) is 36.4 Å². The summed E-state index contributed by atoms with van der Waals surface area (Å²) in [7, 11) is -3.02. The number of fused-ring (bicyclic) bond motifs is 2. The van der Waals surface area contributed by atoms with Crippen LogP contribution in [-0.2, 0) is 32.3 Å². The Morgan fingerprint density at radius 3 is 2.04 bits per heavy atom. The van der Waals surface area contributed by atoms with Crippen LogP contribution in [-0.4, -0.2) is 35.2 Å². The molecule has 128 valence electrons. The smallest absolute Gasteiger partial charge is 0.243 e. The van der Waals surface area contributed by atoms with Crippen molar-refractivity contribution in [3.8, 4) is 0 Å². The van der Waals surface area contributed by atoms with E-state index in [0.29, 0.717) is 11.4 Å². The van der Waals surface area contributed by atoms with Crippen LogP contribution in [0, 0.1) is 0 Å². The van der Waals surface area contributed by atoms with E-state index in [-0.39, 0.29) is 5.75 Å². The summed E-state index contributed by atoms with van der Waals surface area (Å²) in [6, 6.07) is 14.5. The van der Waals surface area contributed by atoms with Crippen molar-refractivity contribution in [1.82, 2.24) is 4.31 Å². The first kappa shape index (κ1) is 16.9. The van der Waals surface area contributed by atoms with Gasteiger partial charge in [-0.25, -0.2) is 16.8 Å². The van der Waals surface area contributed by atoms with Gasteiger partial charge in [-0.15, -0.1) is 0 Å². The lowest BCUT2D eigenvalue weighted by molar-refractivity contribution is 0.488. The third-order valence-corrected chi connectivity index (χ3v) is 7.75. The van der Waals surface area contributed by atoms with E-state index in [4.69, 9.17) is 0 Å². The topological polar surface area (TPSA) is 74.8 Å². The first-order valence-corrected chi connectivity index (χ1v) is 10.4. The van der Waals surface area contributed by atoms with Crippen LogP contribution in [0.25, 0.3) is 0 Å². The monoisotopic (exact) mass is 366 g/mol. The van der Waals surface area contributed by atoms with Crippen LogP contribution in [0.2, 0.25) is 0 Å². The maximum atomic E-state index is 11.5. The third-order valence-electron chi connectivity index (χ3n) is 4.14. The molecule has 0 bridgehead atoms. The summed E-state index contributed by atoms with van der Waals surface area (Å²) < 4.78 is 48.4. The number of para-hydroxylation sites is 1. The highest BCUT2D eigenvalue weighted by molar-refractivity contribution is 7.92. The van der Waals surface area contributed by atoms with Crippen LogP contribution in [0.4, 0.5) is 5.69 Å². The molecule has 0 amide bonds. The van der Waals surface area contributed by atoms with Gasteiger partial charge in [0.05, 0.1) is 16.3 Å². The van der Waals surface area contributed by atoms with E-state index < -0.39 is 20.0 Å². The summed E-state index contributed by atoms with van der Waals surface area (Å²) in [5.41, 5.74) is 2.58. The van der Waals surface area contributed by atoms with E-state index >= 15 is 0 Å². The van der Waals surface area contributed by atoms with Crippen LogP contribution in [0.3, 0.4) is 0 Å². The lowest BCUT2D eigenvalue weighted by Crippen LogP contribution is -2.20. The molecular weight excluding hydrogens is 348 g/mol. The molecule has 0 radical (unpaired) electrons. The van der Waals surface area contributed by atoms with Gasteiger partial charge in [0.25, 0.3) is 0 Å². The Bertz CT molecular complexity index is 985. The molecule has 0 aliphatic carbocycles. The summed E-state index contributed by atoms with van der Waals surface area (Å²) in [5.74, 6) is 0.139. The van der Waals surface area contributed by atoms with E-state index in [2.05, 4.69) is 0 Å². The molecule has 6 nitrogen and oxygen atoms in total. The zero-order valence-electron chi connectivity index (χ0n) is 13.4. The molecule has 4 rings (SSSR count). The molecule has 0 saturated carbocycles. The zero-order valence-corrected chi connectivity index (χ0v) is 15.0. The normalized spacial score (nSPS) is 20.0. The second kappa shape index (κ2) is 5.87. The predicted octanol–water partition coefficient (Wildman–Crippen LogP) is 1.79. The summed E-state index contributed by atoms with van der Waals surface area (Å²) in [5, 5.41) is 0. The Morgan fingerprint density at radius 2 is 1.42 bits per heavy atom. The van der Waals surface area contributed by atoms with Crippen molar-refractivity contribution < 1.29 is 16.8 Å². The second-order valence-electron chi connectivity index (χ2n) is 5.72. The van der Waals surface area contributed by atoms with Gasteiger partial charge in [0.1, 0.15) is 0 Å². The Hall–Kier alpha value is -1.90. The molecule has 0 fully saturated rings. The minimum atomic E-state index is -3.15. The lowest BCUT2D eigenvalue weighted by Gasteiger charge is -2.09. The highest BCUT2D eigenvalue weighted by Crippen LogP contribution is 2.31. The highest BCUT2D eigenvalue weighted by Gasteiger charge is 2.30. The largest absolute Gasteiger partial charge is 0.273 e. The minimum absolute atomic E-state index is 0.139. The van der Waals surface area contributed by atoms with E-state index in [0.717, 1.165) is 16.8 Å². The summed E-state index contributed by atoms with van der Waals surface area (Å²) in [6.45, 7) is 0.499. The van der Waals surface area contributed by atoms with Crippen LogP contribution < -0.4 is 4.31 Å². The van der Waals surface area contributed by atoms with E-state index in [1.807, 2.05) is 36.4 Å². The van der Waals surface area contributed by atoms with Crippen LogP contribution in [0.5, 0.6) is 0 Å². The first-order valence-electron chi connectivity index (χ1n) is 7.32. The van der Waals surface area contributed by atoms with Crippen molar-refractivity contribution in [3.63, 3.8) is 0 Å². The number of benzene rings is 2. The van der Waals surface area contributed by atoms with Crippen LogP contribution in [0.1, 0.15) is 11.1 Å². The molecule has 0 atom stereocenters. The van der Waals surface area contributed by atoms with Gasteiger partial charge in [-0.05, 0) is 23.3 Å². The van der Waals surface area contributed by atoms with E-state index in [1.165, 1.54) is 8.61 Å². The number of anilines is 1. The Morgan fingerprint density at radius 1 is 0.833 bits per heavy atom. The average molecular weight is 366 g/mol. The second-order valence-corrected chi connectivity index (χ2v) is 9.73. The molecule has 0 aromatic heterocycles. The maximum Gasteiger partial charge on any atom is 0.243 e. The van der Waals surface area contributed by atoms with Crippen molar-refractivity contribution in [3.05, 3.63) is 59.7 Å². The van der Waals surface area contributed by atoms with Crippen LogP contribution in [0.15, 0.2) is 53.4 Å². The SMILES string of the molecule is CN1Cc2ccccc2S1(=O)=O.CN1c2ccccc2CS1(=O)=O. The molecule has 0 spiro atoms. The van der Waals surface area contributed by atoms with Gasteiger partial charge in [0.15, 0.2) is 0 Å². The third kappa shape index (κ3) is 2.81. The molecule has 0 saturated heterocycles. The Kier molecular flexibility index (Phi) is 4.15. The van der Waals surface area contributed by atoms with Gasteiger partial charge in [0.2, 0.25) is 20.0 Å². The summed E-state index contributed by atoms with van der Waals surface area (Å²) in [4.78, 5) is 0.451. The van der Waals surface area contributed by atoms with E-state index in [1.54, 1.807) is 26.2 Å². The van der Waals surface area contributed by atoms with Crippen molar-refractivity contribution in [2.24, 2.45) is 0 Å². The van der Waals surface area contributed by atoms with Gasteiger partial charge in [0, 0.05) is 20.6 Å². The summed E-state index contributed by atoms with van der Waals surface area (Å²) >= 11 is 0. The average Bonchev–Trinajstić information content (AvgIpc) is 2.91. The fourth-order valence-corrected chi connectivity index (χ4v) is 5.43.